The van der Waals surface area contributed by atoms with Crippen LogP contribution in [0.4, 0.5) is 11.4 Å². The van der Waals surface area contributed by atoms with E-state index in [-0.39, 0.29) is 39.1 Å². The Hall–Kier alpha value is -4.54. The van der Waals surface area contributed by atoms with E-state index >= 15 is 0 Å². The molecule has 1 aromatic carbocycles. The van der Waals surface area contributed by atoms with Crippen molar-refractivity contribution in [3.63, 3.8) is 0 Å². The van der Waals surface area contributed by atoms with Gasteiger partial charge in [-0.2, -0.15) is 0 Å². The van der Waals surface area contributed by atoms with Crippen LogP contribution in [-0.4, -0.2) is 62.3 Å². The van der Waals surface area contributed by atoms with E-state index in [9.17, 15) is 19.2 Å². The van der Waals surface area contributed by atoms with Gasteiger partial charge in [-0.1, -0.05) is 18.2 Å². The lowest BCUT2D eigenvalue weighted by molar-refractivity contribution is 0.0548. The van der Waals surface area contributed by atoms with Crippen LogP contribution in [0.1, 0.15) is 41.7 Å². The number of para-hydroxylation sites is 1. The summed E-state index contributed by atoms with van der Waals surface area (Å²) in [4.78, 5) is 59.3. The van der Waals surface area contributed by atoms with Crippen LogP contribution >= 0.6 is 0 Å². The molecule has 1 aliphatic heterocycles. The molecule has 0 saturated carbocycles. The number of nitrogens with one attached hydrogen (secondary N) is 1. The minimum atomic E-state index is -0.956. The van der Waals surface area contributed by atoms with Gasteiger partial charge in [-0.25, -0.2) is 29.1 Å². The third-order valence-electron chi connectivity index (χ3n) is 5.11. The van der Waals surface area contributed by atoms with Gasteiger partial charge in [0.25, 0.3) is 0 Å². The molecule has 0 bridgehead atoms. The quantitative estimate of drug-likeness (QED) is 0.361. The molecule has 11 heteroatoms. The summed E-state index contributed by atoms with van der Waals surface area (Å²) in [6.45, 7) is 0. The molecule has 0 radical (unpaired) electrons. The summed E-state index contributed by atoms with van der Waals surface area (Å²) in [6, 6.07) is 6.95. The van der Waals surface area contributed by atoms with Crippen molar-refractivity contribution >= 4 is 46.2 Å². The van der Waals surface area contributed by atoms with Crippen LogP contribution in [0.25, 0.3) is 22.2 Å². The fourth-order valence-corrected chi connectivity index (χ4v) is 3.67. The van der Waals surface area contributed by atoms with Gasteiger partial charge >= 0.3 is 23.9 Å². The molecule has 3 aromatic rings. The molecule has 4 rings (SSSR count). The molecule has 0 spiro atoms. The first-order chi connectivity index (χ1) is 15.9. The largest absolute Gasteiger partial charge is 0.465 e. The first-order valence-corrected chi connectivity index (χ1v) is 9.49. The number of pyridine rings is 2. The number of rotatable bonds is 4. The minimum absolute atomic E-state index is 0.0997. The number of esters is 4. The highest BCUT2D eigenvalue weighted by Crippen LogP contribution is 2.46. The average molecular weight is 451 g/mol. The number of fused-ring (bicyclic) bond motifs is 2. The number of methoxy groups -OCH3 is 4. The van der Waals surface area contributed by atoms with Gasteiger partial charge in [0.05, 0.1) is 50.7 Å². The van der Waals surface area contributed by atoms with Crippen molar-refractivity contribution in [1.82, 2.24) is 9.97 Å². The minimum Gasteiger partial charge on any atom is -0.465 e. The van der Waals surface area contributed by atoms with Gasteiger partial charge in [0.2, 0.25) is 0 Å². The molecule has 1 N–H and O–H groups in total. The normalized spacial score (nSPS) is 11.2. The summed E-state index contributed by atoms with van der Waals surface area (Å²) in [6.07, 6.45) is 0. The SMILES string of the molecule is COC(=O)c1nc2c(C(=O)OC)c(C(=O)OC)nc3c2c(c1C(=O)OC)Nc1ccccc1-3. The van der Waals surface area contributed by atoms with E-state index in [2.05, 4.69) is 15.3 Å². The summed E-state index contributed by atoms with van der Waals surface area (Å²) < 4.78 is 19.4. The zero-order valence-corrected chi connectivity index (χ0v) is 18.0. The van der Waals surface area contributed by atoms with E-state index in [4.69, 9.17) is 18.9 Å². The number of hydrogen-bond donors (Lipinski definition) is 1. The molecule has 0 unspecified atom stereocenters. The Morgan fingerprint density at radius 3 is 1.88 bits per heavy atom. The number of ether oxygens (including phenoxy) is 4. The number of carbonyl (C=O) groups excluding carboxylic acids is 4. The Balaban J connectivity index is 2.30. The zero-order valence-electron chi connectivity index (χ0n) is 18.0. The summed E-state index contributed by atoms with van der Waals surface area (Å²) in [5, 5.41) is 3.32. The van der Waals surface area contributed by atoms with Crippen molar-refractivity contribution in [1.29, 1.82) is 0 Å². The van der Waals surface area contributed by atoms with Crippen molar-refractivity contribution in [2.24, 2.45) is 0 Å². The first kappa shape index (κ1) is 21.7. The van der Waals surface area contributed by atoms with Crippen molar-refractivity contribution in [3.8, 4) is 11.3 Å². The second-order valence-corrected chi connectivity index (χ2v) is 6.75. The fourth-order valence-electron chi connectivity index (χ4n) is 3.67. The topological polar surface area (TPSA) is 143 Å². The van der Waals surface area contributed by atoms with E-state index in [1.807, 2.05) is 0 Å². The Morgan fingerprint density at radius 2 is 1.27 bits per heavy atom. The molecule has 3 heterocycles. The van der Waals surface area contributed by atoms with E-state index in [0.717, 1.165) is 28.4 Å². The van der Waals surface area contributed by atoms with Gasteiger partial charge in [-0.3, -0.25) is 0 Å². The van der Waals surface area contributed by atoms with Gasteiger partial charge in [-0.05, 0) is 6.07 Å². The Labute approximate surface area is 186 Å². The first-order valence-electron chi connectivity index (χ1n) is 9.49. The molecule has 168 valence electrons. The summed E-state index contributed by atoms with van der Waals surface area (Å²) in [5.41, 5.74) is 0.0556. The fraction of sp³-hybridized carbons (Fsp3) is 0.182. The van der Waals surface area contributed by atoms with Crippen LogP contribution in [0.15, 0.2) is 24.3 Å². The third-order valence-corrected chi connectivity index (χ3v) is 5.11. The van der Waals surface area contributed by atoms with Crippen LogP contribution in [-0.2, 0) is 18.9 Å². The number of carbonyl (C=O) groups is 4. The van der Waals surface area contributed by atoms with Gasteiger partial charge in [-0.15, -0.1) is 0 Å². The van der Waals surface area contributed by atoms with Crippen molar-refractivity contribution in [2.45, 2.75) is 0 Å². The number of aromatic nitrogens is 2. The lowest BCUT2D eigenvalue weighted by Gasteiger charge is -2.25. The van der Waals surface area contributed by atoms with Crippen LogP contribution in [0.2, 0.25) is 0 Å². The second-order valence-electron chi connectivity index (χ2n) is 6.75. The van der Waals surface area contributed by atoms with Gasteiger partial charge in [0.15, 0.2) is 11.4 Å². The molecule has 11 nitrogen and oxygen atoms in total. The van der Waals surface area contributed by atoms with Crippen molar-refractivity contribution < 1.29 is 38.1 Å². The maximum Gasteiger partial charge on any atom is 0.357 e. The number of nitrogens with zero attached hydrogens (tertiary/aromatic N) is 2. The smallest absolute Gasteiger partial charge is 0.357 e. The molecule has 0 atom stereocenters. The zero-order chi connectivity index (χ0) is 23.9. The third kappa shape index (κ3) is 3.21. The molecule has 0 aliphatic carbocycles. The van der Waals surface area contributed by atoms with Gasteiger partial charge < -0.3 is 24.3 Å². The van der Waals surface area contributed by atoms with E-state index < -0.39 is 29.6 Å². The molecular formula is C22H17N3O8. The lowest BCUT2D eigenvalue weighted by atomic mass is 9.93. The summed E-state index contributed by atoms with van der Waals surface area (Å²) in [5.74, 6) is -3.67. The highest BCUT2D eigenvalue weighted by atomic mass is 16.5. The Kier molecular flexibility index (Phi) is 5.38. The molecule has 1 aliphatic rings. The lowest BCUT2D eigenvalue weighted by Crippen LogP contribution is -2.22. The molecule has 0 amide bonds. The highest BCUT2D eigenvalue weighted by molar-refractivity contribution is 6.23. The monoisotopic (exact) mass is 451 g/mol. The molecular weight excluding hydrogens is 434 g/mol. The van der Waals surface area contributed by atoms with Gasteiger partial charge in [0.1, 0.15) is 11.1 Å². The molecule has 2 aromatic heterocycles. The second kappa shape index (κ2) is 8.19. The number of anilines is 2. The predicted molar refractivity (Wildman–Crippen MR) is 114 cm³/mol. The molecule has 0 saturated heterocycles. The number of hydrogen-bond acceptors (Lipinski definition) is 11. The van der Waals surface area contributed by atoms with Crippen LogP contribution < -0.4 is 5.32 Å². The van der Waals surface area contributed by atoms with E-state index in [1.165, 1.54) is 0 Å². The average Bonchev–Trinajstić information content (AvgIpc) is 2.85. The standard InChI is InChI=1S/C22H17N3O8/c1-30-19(26)12-15-11-14(9-7-5-6-8-10(9)23-15)24-17(21(28)32-3)13(20(27)31-2)16(11)25-18(12)22(29)33-4/h5-8,23H,1-4H3. The van der Waals surface area contributed by atoms with Crippen LogP contribution in [0, 0.1) is 0 Å². The summed E-state index contributed by atoms with van der Waals surface area (Å²) >= 11 is 0. The predicted octanol–water partition coefficient (Wildman–Crippen LogP) is 2.50. The Morgan fingerprint density at radius 1 is 0.727 bits per heavy atom. The van der Waals surface area contributed by atoms with Gasteiger partial charge in [0, 0.05) is 11.3 Å². The van der Waals surface area contributed by atoms with Crippen molar-refractivity contribution in [2.75, 3.05) is 33.8 Å². The molecule has 33 heavy (non-hydrogen) atoms. The highest BCUT2D eigenvalue weighted by Gasteiger charge is 2.36. The van der Waals surface area contributed by atoms with E-state index in [0.29, 0.717) is 11.3 Å². The van der Waals surface area contributed by atoms with Crippen LogP contribution in [0.3, 0.4) is 0 Å². The van der Waals surface area contributed by atoms with Crippen molar-refractivity contribution in [3.05, 3.63) is 46.8 Å². The van der Waals surface area contributed by atoms with E-state index in [1.54, 1.807) is 24.3 Å². The number of benzene rings is 1. The Bertz CT molecular complexity index is 1370. The molecule has 0 fully saturated rings. The summed E-state index contributed by atoms with van der Waals surface area (Å²) in [7, 11) is 4.52. The maximum absolute atomic E-state index is 12.7. The van der Waals surface area contributed by atoms with Crippen LogP contribution in [0.5, 0.6) is 0 Å². The maximum atomic E-state index is 12.7.